The maximum Gasteiger partial charge on any atom is 0.0925 e. The van der Waals surface area contributed by atoms with Gasteiger partial charge in [0.1, 0.15) is 0 Å². The summed E-state index contributed by atoms with van der Waals surface area (Å²) in [5.41, 5.74) is 1.15. The second-order valence-electron chi connectivity index (χ2n) is 3.17. The first-order valence-corrected chi connectivity index (χ1v) is 8.95. The van der Waals surface area contributed by atoms with E-state index in [4.69, 9.17) is 0 Å². The first kappa shape index (κ1) is 20.6. The molecule has 2 aromatic rings. The number of hydrogen-bond acceptors (Lipinski definition) is 3. The molecular weight excluding hydrogens is 270 g/mol. The van der Waals surface area contributed by atoms with Crippen molar-refractivity contribution in [3.63, 3.8) is 0 Å². The Kier molecular flexibility index (Phi) is 16.7. The van der Waals surface area contributed by atoms with E-state index >= 15 is 0 Å². The average molecular weight is 300 g/mol. The average Bonchev–Trinajstić information content (AvgIpc) is 3.14. The van der Waals surface area contributed by atoms with E-state index in [1.807, 2.05) is 46.0 Å². The second kappa shape index (κ2) is 15.4. The topological polar surface area (TPSA) is 12.9 Å². The van der Waals surface area contributed by atoms with Crippen LogP contribution >= 0.6 is 22.7 Å². The lowest BCUT2D eigenvalue weighted by molar-refractivity contribution is 1.07. The minimum Gasteiger partial charge on any atom is -0.247 e. The lowest BCUT2D eigenvalue weighted by atomic mass is 10.4. The molecule has 2 rings (SSSR count). The van der Waals surface area contributed by atoms with Gasteiger partial charge in [-0.2, -0.15) is 0 Å². The van der Waals surface area contributed by atoms with Gasteiger partial charge in [-0.3, -0.25) is 0 Å². The predicted octanol–water partition coefficient (Wildman–Crippen LogP) is 6.38. The summed E-state index contributed by atoms with van der Waals surface area (Å²) < 4.78 is 0. The third-order valence-electron chi connectivity index (χ3n) is 1.90. The lowest BCUT2D eigenvalue weighted by Gasteiger charge is -1.79. The summed E-state index contributed by atoms with van der Waals surface area (Å²) in [7, 11) is 0. The van der Waals surface area contributed by atoms with Crippen LogP contribution in [0.2, 0.25) is 0 Å². The van der Waals surface area contributed by atoms with Crippen LogP contribution in [0.25, 0.3) is 0 Å². The Labute approximate surface area is 127 Å². The van der Waals surface area contributed by atoms with E-state index in [1.54, 1.807) is 11.3 Å². The van der Waals surface area contributed by atoms with Crippen LogP contribution < -0.4 is 0 Å². The maximum atomic E-state index is 4.25. The van der Waals surface area contributed by atoms with Crippen LogP contribution in [0, 0.1) is 6.92 Å². The molecule has 0 N–H and O–H groups in total. The van der Waals surface area contributed by atoms with E-state index in [0.29, 0.717) is 0 Å². The molecule has 0 radical (unpaired) electrons. The summed E-state index contributed by atoms with van der Waals surface area (Å²) in [6.45, 7) is 14.3. The van der Waals surface area contributed by atoms with Crippen molar-refractivity contribution in [3.8, 4) is 0 Å². The van der Waals surface area contributed by atoms with Crippen molar-refractivity contribution in [2.45, 2.75) is 61.3 Å². The molecule has 19 heavy (non-hydrogen) atoms. The molecule has 0 aromatic carbocycles. The van der Waals surface area contributed by atoms with Crippen molar-refractivity contribution >= 4 is 22.7 Å². The van der Waals surface area contributed by atoms with Gasteiger partial charge in [-0.15, -0.1) is 22.7 Å². The highest BCUT2D eigenvalue weighted by atomic mass is 32.1. The number of hydrogen-bond donors (Lipinski definition) is 0. The van der Waals surface area contributed by atoms with Gasteiger partial charge in [-0.05, 0) is 31.2 Å². The Hall–Kier alpha value is -0.670. The number of thiazole rings is 1. The quantitative estimate of drug-likeness (QED) is 0.627. The fraction of sp³-hybridized carbons (Fsp3) is 0.562. The van der Waals surface area contributed by atoms with Crippen LogP contribution in [0.15, 0.2) is 22.9 Å². The van der Waals surface area contributed by atoms with Crippen LogP contribution in [0.3, 0.4) is 0 Å². The molecule has 2 heterocycles. The normalized spacial score (nSPS) is 8.16. The Bertz CT molecular complexity index is 364. The molecule has 0 saturated carbocycles. The van der Waals surface area contributed by atoms with Crippen molar-refractivity contribution in [1.82, 2.24) is 4.98 Å². The summed E-state index contributed by atoms with van der Waals surface area (Å²) in [5, 5.41) is 5.43. The molecule has 0 aliphatic heterocycles. The molecular formula is C16H29NS2. The zero-order valence-electron chi connectivity index (χ0n) is 13.5. The van der Waals surface area contributed by atoms with Crippen molar-refractivity contribution in [2.75, 3.05) is 0 Å². The minimum absolute atomic E-state index is 1.07. The smallest absolute Gasteiger partial charge is 0.0925 e. The molecule has 0 amide bonds. The van der Waals surface area contributed by atoms with Crippen LogP contribution in [0.4, 0.5) is 0 Å². The second-order valence-corrected chi connectivity index (χ2v) is 5.14. The molecule has 0 unspecified atom stereocenters. The Balaban J connectivity index is 0. The number of nitrogens with zero attached hydrogens (tertiary/aromatic N) is 1. The van der Waals surface area contributed by atoms with Crippen molar-refractivity contribution in [3.05, 3.63) is 38.5 Å². The summed E-state index contributed by atoms with van der Waals surface area (Å²) in [5.74, 6) is 0. The molecule has 0 bridgehead atoms. The zero-order chi connectivity index (χ0) is 15.1. The van der Waals surface area contributed by atoms with Gasteiger partial charge in [0.2, 0.25) is 0 Å². The standard InChI is InChI=1S/C6H9NS.C6H8S.2C2H6/c1-3-6-7-5(2)4-8-6;1-2-6-4-3-5-7-6;2*1-2/h4H,3H2,1-2H3;3-5H,2H2,1H3;2*1-2H3. The van der Waals surface area contributed by atoms with Crippen molar-refractivity contribution in [2.24, 2.45) is 0 Å². The highest BCUT2D eigenvalue weighted by Gasteiger charge is 1.91. The number of aryl methyl sites for hydroxylation is 3. The lowest BCUT2D eigenvalue weighted by Crippen LogP contribution is -1.75. The molecule has 1 nitrogen and oxygen atoms in total. The van der Waals surface area contributed by atoms with E-state index in [2.05, 4.69) is 41.7 Å². The van der Waals surface area contributed by atoms with Crippen LogP contribution in [-0.4, -0.2) is 4.98 Å². The number of thiophene rings is 1. The van der Waals surface area contributed by atoms with Gasteiger partial charge in [-0.1, -0.05) is 47.6 Å². The summed E-state index contributed by atoms with van der Waals surface area (Å²) in [4.78, 5) is 5.72. The first-order valence-electron chi connectivity index (χ1n) is 7.19. The van der Waals surface area contributed by atoms with E-state index in [0.717, 1.165) is 12.1 Å². The van der Waals surface area contributed by atoms with Gasteiger partial charge in [0.05, 0.1) is 5.01 Å². The fourth-order valence-electron chi connectivity index (χ4n) is 1.08. The van der Waals surface area contributed by atoms with Gasteiger partial charge in [-0.25, -0.2) is 4.98 Å². The molecule has 2 aromatic heterocycles. The molecule has 0 spiro atoms. The fourth-order valence-corrected chi connectivity index (χ4v) is 2.46. The molecule has 110 valence electrons. The highest BCUT2D eigenvalue weighted by Crippen LogP contribution is 2.08. The number of aromatic nitrogens is 1. The van der Waals surface area contributed by atoms with Gasteiger partial charge >= 0.3 is 0 Å². The van der Waals surface area contributed by atoms with Crippen molar-refractivity contribution in [1.29, 1.82) is 0 Å². The molecule has 3 heteroatoms. The minimum atomic E-state index is 1.07. The van der Waals surface area contributed by atoms with Gasteiger partial charge in [0.25, 0.3) is 0 Å². The van der Waals surface area contributed by atoms with E-state index < -0.39 is 0 Å². The highest BCUT2D eigenvalue weighted by molar-refractivity contribution is 7.10. The van der Waals surface area contributed by atoms with E-state index in [9.17, 15) is 0 Å². The van der Waals surface area contributed by atoms with Gasteiger partial charge < -0.3 is 0 Å². The van der Waals surface area contributed by atoms with Crippen molar-refractivity contribution < 1.29 is 0 Å². The molecule has 0 saturated heterocycles. The molecule has 0 fully saturated rings. The first-order chi connectivity index (χ1) is 9.26. The van der Waals surface area contributed by atoms with Gasteiger partial charge in [0, 0.05) is 16.0 Å². The predicted molar refractivity (Wildman–Crippen MR) is 92.6 cm³/mol. The SMILES string of the molecule is CC.CC.CCc1cccs1.CCc1nc(C)cs1. The maximum absolute atomic E-state index is 4.25. The molecule has 0 atom stereocenters. The summed E-state index contributed by atoms with van der Waals surface area (Å²) >= 11 is 3.56. The monoisotopic (exact) mass is 299 g/mol. The van der Waals surface area contributed by atoms with Crippen LogP contribution in [0.1, 0.15) is 57.1 Å². The largest absolute Gasteiger partial charge is 0.247 e. The van der Waals surface area contributed by atoms with E-state index in [-0.39, 0.29) is 0 Å². The Morgan fingerprint density at radius 1 is 1.00 bits per heavy atom. The molecule has 0 aliphatic carbocycles. The number of rotatable bonds is 2. The molecule has 0 aliphatic rings. The van der Waals surface area contributed by atoms with Gasteiger partial charge in [0.15, 0.2) is 0 Å². The Morgan fingerprint density at radius 2 is 1.63 bits per heavy atom. The summed E-state index contributed by atoms with van der Waals surface area (Å²) in [6, 6.07) is 4.24. The zero-order valence-corrected chi connectivity index (χ0v) is 15.1. The van der Waals surface area contributed by atoms with Crippen LogP contribution in [0.5, 0.6) is 0 Å². The van der Waals surface area contributed by atoms with Crippen LogP contribution in [-0.2, 0) is 12.8 Å². The van der Waals surface area contributed by atoms with E-state index in [1.165, 1.54) is 16.3 Å². The third-order valence-corrected chi connectivity index (χ3v) is 4.03. The Morgan fingerprint density at radius 3 is 1.84 bits per heavy atom. The third kappa shape index (κ3) is 10.9. The summed E-state index contributed by atoms with van der Waals surface area (Å²) in [6.07, 6.45) is 2.25.